The van der Waals surface area contributed by atoms with Gasteiger partial charge in [-0.3, -0.25) is 13.9 Å². The Labute approximate surface area is 222 Å². The maximum atomic E-state index is 13.5. The number of carbonyl (C=O) groups excluding carboxylic acids is 2. The predicted octanol–water partition coefficient (Wildman–Crippen LogP) is 4.13. The molecule has 1 atom stereocenters. The summed E-state index contributed by atoms with van der Waals surface area (Å²) in [5, 5.41) is 2.96. The molecule has 37 heavy (non-hydrogen) atoms. The fraction of sp³-hybridized carbons (Fsp3) is 0.500. The van der Waals surface area contributed by atoms with Crippen molar-refractivity contribution in [2.45, 2.75) is 59.5 Å². The molecule has 9 heteroatoms. The average molecular weight is 532 g/mol. The molecule has 0 fully saturated rings. The molecule has 0 bridgehead atoms. The van der Waals surface area contributed by atoms with Gasteiger partial charge in [-0.25, -0.2) is 8.42 Å². The monoisotopic (exact) mass is 531 g/mol. The van der Waals surface area contributed by atoms with E-state index >= 15 is 0 Å². The summed E-state index contributed by atoms with van der Waals surface area (Å²) in [6.07, 6.45) is 2.03. The van der Waals surface area contributed by atoms with E-state index in [-0.39, 0.29) is 24.8 Å². The fourth-order valence-electron chi connectivity index (χ4n) is 4.00. The van der Waals surface area contributed by atoms with Gasteiger partial charge in [-0.15, -0.1) is 0 Å². The highest BCUT2D eigenvalue weighted by atomic mass is 32.2. The Balaban J connectivity index is 2.21. The van der Waals surface area contributed by atoms with Gasteiger partial charge in [0.25, 0.3) is 0 Å². The van der Waals surface area contributed by atoms with Crippen LogP contribution in [0.3, 0.4) is 0 Å². The van der Waals surface area contributed by atoms with Crippen LogP contribution in [0, 0.1) is 12.8 Å². The molecule has 0 aliphatic rings. The van der Waals surface area contributed by atoms with Crippen LogP contribution in [0.5, 0.6) is 5.75 Å². The van der Waals surface area contributed by atoms with Gasteiger partial charge in [-0.05, 0) is 43.4 Å². The van der Waals surface area contributed by atoms with E-state index in [0.29, 0.717) is 43.3 Å². The standard InChI is InChI=1S/C28H41N3O5S/c1-7-26(28(33)29-19-21(2)3)30(20-23-15-13-22(4)14-16-23)27(32)12-9-17-31(37(6,34)35)24-10-8-11-25(18-24)36-5/h8,10-11,13-16,18,21,26H,7,9,12,17,19-20H2,1-6H3,(H,29,33). The summed E-state index contributed by atoms with van der Waals surface area (Å²) in [5.41, 5.74) is 2.52. The number of nitrogens with one attached hydrogen (secondary N) is 1. The second kappa shape index (κ2) is 14.0. The molecule has 0 radical (unpaired) electrons. The first-order valence-corrected chi connectivity index (χ1v) is 14.6. The molecule has 0 saturated carbocycles. The lowest BCUT2D eigenvalue weighted by Gasteiger charge is -2.31. The van der Waals surface area contributed by atoms with Crippen LogP contribution in [0.2, 0.25) is 0 Å². The lowest BCUT2D eigenvalue weighted by atomic mass is 10.1. The molecule has 8 nitrogen and oxygen atoms in total. The molecule has 2 aromatic carbocycles. The minimum Gasteiger partial charge on any atom is -0.497 e. The summed E-state index contributed by atoms with van der Waals surface area (Å²) in [6.45, 7) is 8.90. The fourth-order valence-corrected chi connectivity index (χ4v) is 4.96. The van der Waals surface area contributed by atoms with Crippen molar-refractivity contribution in [3.05, 3.63) is 59.7 Å². The van der Waals surface area contributed by atoms with Crippen molar-refractivity contribution in [3.8, 4) is 5.75 Å². The number of sulfonamides is 1. The molecule has 204 valence electrons. The van der Waals surface area contributed by atoms with E-state index in [9.17, 15) is 18.0 Å². The Morgan fingerprint density at radius 3 is 2.32 bits per heavy atom. The SMILES string of the molecule is CCC(C(=O)NCC(C)C)N(Cc1ccc(C)cc1)C(=O)CCCN(c1cccc(OC)c1)S(C)(=O)=O. The minimum atomic E-state index is -3.57. The quantitative estimate of drug-likeness (QED) is 0.396. The van der Waals surface area contributed by atoms with E-state index < -0.39 is 16.1 Å². The van der Waals surface area contributed by atoms with Crippen LogP contribution in [0.1, 0.15) is 51.2 Å². The van der Waals surface area contributed by atoms with E-state index in [1.807, 2.05) is 52.0 Å². The van der Waals surface area contributed by atoms with E-state index in [2.05, 4.69) is 5.32 Å². The maximum absolute atomic E-state index is 13.5. The van der Waals surface area contributed by atoms with Crippen LogP contribution in [0.4, 0.5) is 5.69 Å². The maximum Gasteiger partial charge on any atom is 0.242 e. The number of nitrogens with zero attached hydrogens (tertiary/aromatic N) is 2. The van der Waals surface area contributed by atoms with Crippen LogP contribution in [0.25, 0.3) is 0 Å². The Kier molecular flexibility index (Phi) is 11.4. The number of anilines is 1. The number of methoxy groups -OCH3 is 1. The average Bonchev–Trinajstić information content (AvgIpc) is 2.85. The third kappa shape index (κ3) is 9.39. The molecular weight excluding hydrogens is 490 g/mol. The van der Waals surface area contributed by atoms with Gasteiger partial charge >= 0.3 is 0 Å². The first kappa shape index (κ1) is 30.2. The summed E-state index contributed by atoms with van der Waals surface area (Å²) in [5.74, 6) is 0.475. The molecule has 0 spiro atoms. The Morgan fingerprint density at radius 2 is 1.76 bits per heavy atom. The van der Waals surface area contributed by atoms with E-state index in [1.165, 1.54) is 11.4 Å². The zero-order valence-electron chi connectivity index (χ0n) is 22.9. The number of hydrogen-bond donors (Lipinski definition) is 1. The molecule has 2 aromatic rings. The molecule has 2 rings (SSSR count). The minimum absolute atomic E-state index is 0.107. The van der Waals surface area contributed by atoms with Gasteiger partial charge in [-0.2, -0.15) is 0 Å². The van der Waals surface area contributed by atoms with Crippen LogP contribution in [0.15, 0.2) is 48.5 Å². The van der Waals surface area contributed by atoms with Crippen LogP contribution in [-0.4, -0.2) is 57.6 Å². The summed E-state index contributed by atoms with van der Waals surface area (Å²) in [6, 6.07) is 14.1. The topological polar surface area (TPSA) is 96.0 Å². The first-order valence-electron chi connectivity index (χ1n) is 12.7. The highest BCUT2D eigenvalue weighted by Gasteiger charge is 2.29. The number of ether oxygens (including phenoxy) is 1. The second-order valence-electron chi connectivity index (χ2n) is 9.71. The second-order valence-corrected chi connectivity index (χ2v) is 11.6. The van der Waals surface area contributed by atoms with E-state index in [0.717, 1.165) is 17.4 Å². The highest BCUT2D eigenvalue weighted by Crippen LogP contribution is 2.24. The molecule has 1 N–H and O–H groups in total. The number of benzene rings is 2. The summed E-state index contributed by atoms with van der Waals surface area (Å²) >= 11 is 0. The van der Waals surface area contributed by atoms with Gasteiger partial charge < -0.3 is 15.0 Å². The lowest BCUT2D eigenvalue weighted by Crippen LogP contribution is -2.49. The number of carbonyl (C=O) groups is 2. The number of rotatable bonds is 14. The molecule has 0 aliphatic carbocycles. The Bertz CT molecular complexity index is 1130. The largest absolute Gasteiger partial charge is 0.497 e. The molecular formula is C28H41N3O5S. The molecule has 0 aromatic heterocycles. The normalized spacial score (nSPS) is 12.2. The highest BCUT2D eigenvalue weighted by molar-refractivity contribution is 7.92. The molecule has 0 heterocycles. The summed E-state index contributed by atoms with van der Waals surface area (Å²) in [7, 11) is -2.05. The lowest BCUT2D eigenvalue weighted by molar-refractivity contribution is -0.141. The van der Waals surface area contributed by atoms with E-state index in [1.54, 1.807) is 29.2 Å². The third-order valence-electron chi connectivity index (χ3n) is 6.04. The molecule has 2 amide bonds. The van der Waals surface area contributed by atoms with Crippen LogP contribution >= 0.6 is 0 Å². The zero-order valence-corrected chi connectivity index (χ0v) is 23.7. The molecule has 1 unspecified atom stereocenters. The van der Waals surface area contributed by atoms with Crippen molar-refractivity contribution >= 4 is 27.5 Å². The summed E-state index contributed by atoms with van der Waals surface area (Å²) in [4.78, 5) is 28.1. The summed E-state index contributed by atoms with van der Waals surface area (Å²) < 4.78 is 31.5. The Hall–Kier alpha value is -3.07. The smallest absolute Gasteiger partial charge is 0.242 e. The molecule has 0 aliphatic heterocycles. The van der Waals surface area contributed by atoms with Gasteiger partial charge in [0, 0.05) is 32.1 Å². The van der Waals surface area contributed by atoms with Gasteiger partial charge in [0.1, 0.15) is 11.8 Å². The van der Waals surface area contributed by atoms with Crippen molar-refractivity contribution in [1.29, 1.82) is 0 Å². The number of aryl methyl sites for hydroxylation is 1. The first-order chi connectivity index (χ1) is 17.5. The third-order valence-corrected chi connectivity index (χ3v) is 7.23. The number of hydrogen-bond acceptors (Lipinski definition) is 5. The van der Waals surface area contributed by atoms with Gasteiger partial charge in [0.2, 0.25) is 21.8 Å². The van der Waals surface area contributed by atoms with E-state index in [4.69, 9.17) is 4.74 Å². The van der Waals surface area contributed by atoms with Crippen LogP contribution in [-0.2, 0) is 26.2 Å². The van der Waals surface area contributed by atoms with Crippen molar-refractivity contribution in [3.63, 3.8) is 0 Å². The van der Waals surface area contributed by atoms with Crippen LogP contribution < -0.4 is 14.4 Å². The zero-order chi connectivity index (χ0) is 27.6. The number of amides is 2. The van der Waals surface area contributed by atoms with Crippen molar-refractivity contribution in [2.24, 2.45) is 5.92 Å². The van der Waals surface area contributed by atoms with Gasteiger partial charge in [-0.1, -0.05) is 56.7 Å². The van der Waals surface area contributed by atoms with Crippen molar-refractivity contribution < 1.29 is 22.7 Å². The molecule has 0 saturated heterocycles. The predicted molar refractivity (Wildman–Crippen MR) is 148 cm³/mol. The van der Waals surface area contributed by atoms with Crippen molar-refractivity contribution in [1.82, 2.24) is 10.2 Å². The Morgan fingerprint density at radius 1 is 1.08 bits per heavy atom. The van der Waals surface area contributed by atoms with Crippen molar-refractivity contribution in [2.75, 3.05) is 30.8 Å². The van der Waals surface area contributed by atoms with Gasteiger partial charge in [0.05, 0.1) is 19.1 Å². The van der Waals surface area contributed by atoms with Gasteiger partial charge in [0.15, 0.2) is 0 Å².